The maximum absolute atomic E-state index is 11.6. The van der Waals surface area contributed by atoms with E-state index in [0.717, 1.165) is 62.1 Å². The first-order valence-corrected chi connectivity index (χ1v) is 10.5. The number of hydrogen-bond acceptors (Lipinski definition) is 4. The van der Waals surface area contributed by atoms with Gasteiger partial charge in [-0.25, -0.2) is 0 Å². The van der Waals surface area contributed by atoms with Crippen molar-refractivity contribution in [1.82, 2.24) is 15.1 Å². The number of nitrogens with one attached hydrogen (secondary N) is 1. The van der Waals surface area contributed by atoms with E-state index >= 15 is 0 Å². The summed E-state index contributed by atoms with van der Waals surface area (Å²) in [5, 5.41) is 3.20. The van der Waals surface area contributed by atoms with Gasteiger partial charge in [0.25, 0.3) is 0 Å². The van der Waals surface area contributed by atoms with E-state index in [9.17, 15) is 4.79 Å². The smallest absolute Gasteiger partial charge is 0.150 e. The van der Waals surface area contributed by atoms with Crippen LogP contribution < -0.4 is 5.32 Å². The summed E-state index contributed by atoms with van der Waals surface area (Å²) in [6.07, 6.45) is 7.23. The van der Waals surface area contributed by atoms with Crippen LogP contribution in [0.5, 0.6) is 0 Å². The van der Waals surface area contributed by atoms with Crippen molar-refractivity contribution in [1.29, 1.82) is 0 Å². The highest BCUT2D eigenvalue weighted by atomic mass is 16.1. The number of likely N-dealkylation sites (tertiary alicyclic amines) is 1. The number of carbonyl (C=O) groups is 1. The molecule has 0 radical (unpaired) electrons. The molecule has 1 N–H and O–H groups in total. The van der Waals surface area contributed by atoms with Crippen LogP contribution in [0.4, 0.5) is 0 Å². The second-order valence-electron chi connectivity index (χ2n) is 7.86. The van der Waals surface area contributed by atoms with Gasteiger partial charge in [0.2, 0.25) is 0 Å². The standard InChI is InChI=1S/C24H37N3O/c1-6-8-9-24(19(3)25-4)26(5)17-23-16-21(10-11-22(23)18-28)20-12-14-27(7-2)15-13-20/h6,10-11,16,18,20,24-25H,1,3,7-9,12-15,17H2,2,4-5H3. The van der Waals surface area contributed by atoms with Gasteiger partial charge in [-0.2, -0.15) is 0 Å². The Morgan fingerprint density at radius 1 is 1.39 bits per heavy atom. The molecule has 0 spiro atoms. The summed E-state index contributed by atoms with van der Waals surface area (Å²) in [4.78, 5) is 16.4. The molecular formula is C24H37N3O. The van der Waals surface area contributed by atoms with Gasteiger partial charge in [-0.1, -0.05) is 37.8 Å². The molecular weight excluding hydrogens is 346 g/mol. The average Bonchev–Trinajstić information content (AvgIpc) is 2.73. The summed E-state index contributed by atoms with van der Waals surface area (Å²) in [6, 6.07) is 6.63. The van der Waals surface area contributed by atoms with E-state index < -0.39 is 0 Å². The largest absolute Gasteiger partial charge is 0.391 e. The zero-order valence-electron chi connectivity index (χ0n) is 17.9. The Morgan fingerprint density at radius 2 is 2.11 bits per heavy atom. The first-order chi connectivity index (χ1) is 13.5. The second kappa shape index (κ2) is 11.2. The van der Waals surface area contributed by atoms with Gasteiger partial charge in [0, 0.05) is 30.9 Å². The third kappa shape index (κ3) is 5.79. The Balaban J connectivity index is 2.17. The summed E-state index contributed by atoms with van der Waals surface area (Å²) in [6.45, 7) is 14.4. The minimum absolute atomic E-state index is 0.207. The van der Waals surface area contributed by atoms with Gasteiger partial charge in [-0.3, -0.25) is 9.69 Å². The van der Waals surface area contributed by atoms with E-state index in [-0.39, 0.29) is 6.04 Å². The van der Waals surface area contributed by atoms with Crippen LogP contribution in [-0.2, 0) is 6.54 Å². The van der Waals surface area contributed by atoms with E-state index in [1.54, 1.807) is 0 Å². The minimum Gasteiger partial charge on any atom is -0.391 e. The van der Waals surface area contributed by atoms with Crippen LogP contribution in [-0.4, -0.2) is 55.9 Å². The molecule has 1 aromatic rings. The molecule has 28 heavy (non-hydrogen) atoms. The van der Waals surface area contributed by atoms with Gasteiger partial charge in [-0.15, -0.1) is 6.58 Å². The highest BCUT2D eigenvalue weighted by Crippen LogP contribution is 2.30. The van der Waals surface area contributed by atoms with Crippen molar-refractivity contribution in [3.05, 3.63) is 59.8 Å². The molecule has 1 heterocycles. The van der Waals surface area contributed by atoms with Crippen molar-refractivity contribution >= 4 is 6.29 Å². The monoisotopic (exact) mass is 383 g/mol. The SMILES string of the molecule is C=CCCC(C(=C)NC)N(C)Cc1cc(C2CCN(CC)CC2)ccc1C=O. The Kier molecular flexibility index (Phi) is 8.94. The zero-order valence-corrected chi connectivity index (χ0v) is 17.9. The predicted octanol–water partition coefficient (Wildman–Crippen LogP) is 4.20. The molecule has 0 bridgehead atoms. The molecule has 1 saturated heterocycles. The predicted molar refractivity (Wildman–Crippen MR) is 119 cm³/mol. The lowest BCUT2D eigenvalue weighted by atomic mass is 9.87. The molecule has 1 aromatic carbocycles. The highest BCUT2D eigenvalue weighted by Gasteiger charge is 2.22. The summed E-state index contributed by atoms with van der Waals surface area (Å²) in [5.74, 6) is 0.594. The molecule has 4 nitrogen and oxygen atoms in total. The van der Waals surface area contributed by atoms with Crippen molar-refractivity contribution in [3.63, 3.8) is 0 Å². The Bertz CT molecular complexity index is 662. The Labute approximate surface area is 171 Å². The van der Waals surface area contributed by atoms with E-state index in [4.69, 9.17) is 0 Å². The lowest BCUT2D eigenvalue weighted by molar-refractivity contribution is 0.112. The zero-order chi connectivity index (χ0) is 20.5. The van der Waals surface area contributed by atoms with Gasteiger partial charge >= 0.3 is 0 Å². The van der Waals surface area contributed by atoms with Crippen molar-refractivity contribution < 1.29 is 4.79 Å². The molecule has 1 aliphatic rings. The van der Waals surface area contributed by atoms with Crippen LogP contribution in [0.1, 0.15) is 60.0 Å². The summed E-state index contributed by atoms with van der Waals surface area (Å²) < 4.78 is 0. The van der Waals surface area contributed by atoms with Gasteiger partial charge < -0.3 is 10.2 Å². The fraction of sp³-hybridized carbons (Fsp3) is 0.542. The van der Waals surface area contributed by atoms with E-state index in [2.05, 4.69) is 54.4 Å². The molecule has 1 unspecified atom stereocenters. The molecule has 154 valence electrons. The molecule has 4 heteroatoms. The number of aldehydes is 1. The van der Waals surface area contributed by atoms with E-state index in [1.807, 2.05) is 19.2 Å². The summed E-state index contributed by atoms with van der Waals surface area (Å²) in [7, 11) is 4.02. The molecule has 0 aliphatic carbocycles. The normalized spacial score (nSPS) is 16.7. The fourth-order valence-electron chi connectivity index (χ4n) is 4.20. The van der Waals surface area contributed by atoms with Gasteiger partial charge in [0.05, 0.1) is 0 Å². The fourth-order valence-corrected chi connectivity index (χ4v) is 4.20. The number of piperidine rings is 1. The summed E-state index contributed by atoms with van der Waals surface area (Å²) in [5.41, 5.74) is 4.28. The quantitative estimate of drug-likeness (QED) is 0.459. The maximum atomic E-state index is 11.6. The number of rotatable bonds is 11. The molecule has 0 aromatic heterocycles. The number of benzene rings is 1. The van der Waals surface area contributed by atoms with Crippen LogP contribution in [0.2, 0.25) is 0 Å². The van der Waals surface area contributed by atoms with Gasteiger partial charge in [0.1, 0.15) is 6.29 Å². The third-order valence-corrected chi connectivity index (χ3v) is 6.12. The Hall–Kier alpha value is -1.91. The van der Waals surface area contributed by atoms with Crippen LogP contribution in [0, 0.1) is 0 Å². The number of hydrogen-bond donors (Lipinski definition) is 1. The Morgan fingerprint density at radius 3 is 2.68 bits per heavy atom. The van der Waals surface area contributed by atoms with E-state index in [1.165, 1.54) is 18.4 Å². The molecule has 2 rings (SSSR count). The van der Waals surface area contributed by atoms with Crippen LogP contribution in [0.25, 0.3) is 0 Å². The number of nitrogens with zero attached hydrogens (tertiary/aromatic N) is 2. The first kappa shape index (κ1) is 22.4. The van der Waals surface area contributed by atoms with Crippen LogP contribution in [0.15, 0.2) is 43.1 Å². The molecule has 1 atom stereocenters. The van der Waals surface area contributed by atoms with Gasteiger partial charge in [-0.05, 0) is 69.4 Å². The van der Waals surface area contributed by atoms with Crippen molar-refractivity contribution in [2.24, 2.45) is 0 Å². The molecule has 0 saturated carbocycles. The molecule has 0 amide bonds. The lowest BCUT2D eigenvalue weighted by Crippen LogP contribution is -2.36. The third-order valence-electron chi connectivity index (χ3n) is 6.12. The maximum Gasteiger partial charge on any atom is 0.150 e. The van der Waals surface area contributed by atoms with E-state index in [0.29, 0.717) is 5.92 Å². The van der Waals surface area contributed by atoms with Crippen molar-refractivity contribution in [2.45, 2.75) is 51.1 Å². The highest BCUT2D eigenvalue weighted by molar-refractivity contribution is 5.77. The molecule has 1 fully saturated rings. The summed E-state index contributed by atoms with van der Waals surface area (Å²) >= 11 is 0. The number of likely N-dealkylation sites (N-methyl/N-ethyl adjacent to an activating group) is 2. The van der Waals surface area contributed by atoms with Crippen molar-refractivity contribution in [2.75, 3.05) is 33.7 Å². The lowest BCUT2D eigenvalue weighted by Gasteiger charge is -2.32. The van der Waals surface area contributed by atoms with Gasteiger partial charge in [0.15, 0.2) is 0 Å². The molecule has 1 aliphatic heterocycles. The number of allylic oxidation sites excluding steroid dienone is 1. The number of carbonyl (C=O) groups excluding carboxylic acids is 1. The minimum atomic E-state index is 0.207. The average molecular weight is 384 g/mol. The topological polar surface area (TPSA) is 35.6 Å². The van der Waals surface area contributed by atoms with Crippen LogP contribution >= 0.6 is 0 Å². The second-order valence-corrected chi connectivity index (χ2v) is 7.86. The van der Waals surface area contributed by atoms with Crippen molar-refractivity contribution in [3.8, 4) is 0 Å². The first-order valence-electron chi connectivity index (χ1n) is 10.5. The van der Waals surface area contributed by atoms with Crippen LogP contribution in [0.3, 0.4) is 0 Å².